The fraction of sp³-hybridized carbons (Fsp3) is 0.300. The van der Waals surface area contributed by atoms with Gasteiger partial charge in [-0.2, -0.15) is 0 Å². The van der Waals surface area contributed by atoms with E-state index in [9.17, 15) is 9.59 Å². The van der Waals surface area contributed by atoms with Crippen LogP contribution in [0.4, 0.5) is 0 Å². The molecule has 0 N–H and O–H groups in total. The van der Waals surface area contributed by atoms with Gasteiger partial charge in [0.05, 0.1) is 13.2 Å². The molecule has 6 heteroatoms. The van der Waals surface area contributed by atoms with E-state index in [2.05, 4.69) is 0 Å². The van der Waals surface area contributed by atoms with Crippen molar-refractivity contribution in [3.8, 4) is 0 Å². The molecule has 0 amide bonds. The number of carbonyl (C=O) groups is 2. The highest BCUT2D eigenvalue weighted by molar-refractivity contribution is 8.36. The minimum atomic E-state index is -0.986. The smallest absolute Gasteiger partial charge is 0.337 e. The van der Waals surface area contributed by atoms with E-state index in [1.54, 1.807) is 13.8 Å². The predicted molar refractivity (Wildman–Crippen MR) is 105 cm³/mol. The number of rotatable bonds is 6. The molecule has 26 heavy (non-hydrogen) atoms. The summed E-state index contributed by atoms with van der Waals surface area (Å²) >= 11 is 2.57. The Morgan fingerprint density at radius 2 is 1.08 bits per heavy atom. The number of hydrogen-bond acceptors (Lipinski definition) is 6. The van der Waals surface area contributed by atoms with E-state index < -0.39 is 8.16 Å². The van der Waals surface area contributed by atoms with Crippen LogP contribution in [0.5, 0.6) is 0 Å². The van der Waals surface area contributed by atoms with Gasteiger partial charge in [0.1, 0.15) is 0 Å². The Bertz CT molecular complexity index is 705. The monoisotopic (exact) mass is 388 g/mol. The Hall–Kier alpha value is -1.92. The van der Waals surface area contributed by atoms with E-state index in [1.807, 2.05) is 60.7 Å². The Morgan fingerprint density at radius 3 is 1.38 bits per heavy atom. The van der Waals surface area contributed by atoms with Crippen LogP contribution >= 0.6 is 23.5 Å². The second-order valence-electron chi connectivity index (χ2n) is 5.61. The fourth-order valence-electron chi connectivity index (χ4n) is 2.82. The first-order chi connectivity index (χ1) is 12.6. The highest BCUT2D eigenvalue weighted by atomic mass is 32.3. The van der Waals surface area contributed by atoms with Crippen LogP contribution in [0.25, 0.3) is 0 Å². The Labute approximate surface area is 161 Å². The van der Waals surface area contributed by atoms with Crippen molar-refractivity contribution in [2.75, 3.05) is 13.2 Å². The quantitative estimate of drug-likeness (QED) is 0.688. The Balaban J connectivity index is 2.03. The third kappa shape index (κ3) is 3.12. The number of carbonyl (C=O) groups excluding carboxylic acids is 2. The van der Waals surface area contributed by atoms with Crippen LogP contribution in [0, 0.1) is 0 Å². The summed E-state index contributed by atoms with van der Waals surface area (Å²) in [7, 11) is 0. The van der Waals surface area contributed by atoms with Crippen LogP contribution in [0.1, 0.15) is 25.0 Å². The van der Waals surface area contributed by atoms with E-state index in [0.717, 1.165) is 11.1 Å². The molecule has 0 aromatic heterocycles. The average molecular weight is 389 g/mol. The van der Waals surface area contributed by atoms with Crippen LogP contribution < -0.4 is 0 Å². The van der Waals surface area contributed by atoms with Crippen molar-refractivity contribution in [3.05, 3.63) is 71.8 Å². The van der Waals surface area contributed by atoms with Crippen LogP contribution in [0.2, 0.25) is 0 Å². The molecule has 0 unspecified atom stereocenters. The van der Waals surface area contributed by atoms with Crippen LogP contribution in [0.15, 0.2) is 60.7 Å². The first kappa shape index (κ1) is 18.9. The van der Waals surface area contributed by atoms with Crippen molar-refractivity contribution in [1.82, 2.24) is 0 Å². The van der Waals surface area contributed by atoms with Crippen LogP contribution in [0.3, 0.4) is 0 Å². The fourth-order valence-corrected chi connectivity index (χ4v) is 6.48. The molecule has 0 atom stereocenters. The zero-order valence-corrected chi connectivity index (χ0v) is 16.3. The largest absolute Gasteiger partial charge is 0.464 e. The SMILES string of the molecule is CCOC(=O)C1(c2ccccc2)SC(C(=O)OCC)(c2ccccc2)S1. The third-order valence-corrected chi connectivity index (χ3v) is 7.73. The summed E-state index contributed by atoms with van der Waals surface area (Å²) in [6.45, 7) is 4.12. The molecule has 2 aromatic rings. The van der Waals surface area contributed by atoms with Crippen molar-refractivity contribution in [1.29, 1.82) is 0 Å². The lowest BCUT2D eigenvalue weighted by atomic mass is 10.1. The number of esters is 2. The molecule has 2 aromatic carbocycles. The van der Waals surface area contributed by atoms with E-state index in [-0.39, 0.29) is 25.2 Å². The van der Waals surface area contributed by atoms with E-state index in [4.69, 9.17) is 9.47 Å². The molecule has 1 fully saturated rings. The molecule has 4 nitrogen and oxygen atoms in total. The van der Waals surface area contributed by atoms with Gasteiger partial charge in [-0.3, -0.25) is 0 Å². The van der Waals surface area contributed by atoms with Crippen LogP contribution in [-0.4, -0.2) is 25.2 Å². The summed E-state index contributed by atoms with van der Waals surface area (Å²) < 4.78 is 8.71. The van der Waals surface area contributed by atoms with E-state index in [0.29, 0.717) is 0 Å². The Kier molecular flexibility index (Phi) is 5.63. The summed E-state index contributed by atoms with van der Waals surface area (Å²) in [4.78, 5) is 25.7. The maximum Gasteiger partial charge on any atom is 0.337 e. The first-order valence-corrected chi connectivity index (χ1v) is 10.1. The summed E-state index contributed by atoms with van der Waals surface area (Å²) in [5.41, 5.74) is 1.62. The molecule has 1 heterocycles. The summed E-state index contributed by atoms with van der Waals surface area (Å²) in [6, 6.07) is 18.9. The van der Waals surface area contributed by atoms with E-state index >= 15 is 0 Å². The molecule has 1 aliphatic rings. The number of hydrogen-bond donors (Lipinski definition) is 0. The van der Waals surface area contributed by atoms with Gasteiger partial charge in [-0.25, -0.2) is 9.59 Å². The molecule has 0 bridgehead atoms. The van der Waals surface area contributed by atoms with Gasteiger partial charge in [-0.15, -0.1) is 0 Å². The van der Waals surface area contributed by atoms with Gasteiger partial charge in [0.15, 0.2) is 8.16 Å². The predicted octanol–water partition coefficient (Wildman–Crippen LogP) is 4.30. The van der Waals surface area contributed by atoms with Crippen molar-refractivity contribution in [2.45, 2.75) is 22.0 Å². The highest BCUT2D eigenvalue weighted by Crippen LogP contribution is 2.74. The molecule has 0 saturated carbocycles. The summed E-state index contributed by atoms with van der Waals surface area (Å²) in [6.07, 6.45) is 0. The van der Waals surface area contributed by atoms with Crippen molar-refractivity contribution in [2.24, 2.45) is 0 Å². The Morgan fingerprint density at radius 1 is 0.731 bits per heavy atom. The standard InChI is InChI=1S/C20H20O4S2/c1-3-23-17(21)19(15-11-7-5-8-12-15)25-20(26-19,18(22)24-4-2)16-13-9-6-10-14-16/h5-14H,3-4H2,1-2H3. The average Bonchev–Trinajstić information content (AvgIpc) is 2.63. The number of thioether (sulfide) groups is 2. The molecule has 1 aliphatic heterocycles. The molecule has 136 valence electrons. The van der Waals surface area contributed by atoms with Gasteiger partial charge < -0.3 is 9.47 Å². The van der Waals surface area contributed by atoms with Crippen molar-refractivity contribution < 1.29 is 19.1 Å². The molecule has 3 rings (SSSR count). The topological polar surface area (TPSA) is 52.6 Å². The maximum atomic E-state index is 12.8. The molecular weight excluding hydrogens is 368 g/mol. The van der Waals surface area contributed by atoms with Crippen molar-refractivity contribution >= 4 is 35.5 Å². The lowest BCUT2D eigenvalue weighted by molar-refractivity contribution is -0.144. The minimum Gasteiger partial charge on any atom is -0.464 e. The molecular formula is C20H20O4S2. The molecule has 0 radical (unpaired) electrons. The second kappa shape index (κ2) is 7.76. The zero-order chi connectivity index (χ0) is 18.6. The first-order valence-electron chi connectivity index (χ1n) is 8.45. The zero-order valence-electron chi connectivity index (χ0n) is 14.6. The maximum absolute atomic E-state index is 12.8. The van der Waals surface area contributed by atoms with Gasteiger partial charge in [-0.05, 0) is 25.0 Å². The lowest BCUT2D eigenvalue weighted by Gasteiger charge is -2.51. The third-order valence-electron chi connectivity index (χ3n) is 3.97. The normalized spacial score (nSPS) is 24.4. The minimum absolute atomic E-state index is 0.284. The van der Waals surface area contributed by atoms with E-state index in [1.165, 1.54) is 23.5 Å². The summed E-state index contributed by atoms with van der Waals surface area (Å²) in [5, 5.41) is 0. The van der Waals surface area contributed by atoms with Gasteiger partial charge in [0, 0.05) is 0 Å². The van der Waals surface area contributed by atoms with Gasteiger partial charge in [-0.1, -0.05) is 84.2 Å². The number of ether oxygens (including phenoxy) is 2. The lowest BCUT2D eigenvalue weighted by Crippen LogP contribution is -2.51. The van der Waals surface area contributed by atoms with Crippen LogP contribution in [-0.2, 0) is 27.2 Å². The summed E-state index contributed by atoms with van der Waals surface area (Å²) in [5.74, 6) is -0.700. The highest BCUT2D eigenvalue weighted by Gasteiger charge is 2.68. The number of benzene rings is 2. The molecule has 0 spiro atoms. The van der Waals surface area contributed by atoms with Gasteiger partial charge >= 0.3 is 11.9 Å². The second-order valence-corrected chi connectivity index (χ2v) is 8.98. The molecule has 1 saturated heterocycles. The van der Waals surface area contributed by atoms with Gasteiger partial charge in [0.2, 0.25) is 0 Å². The van der Waals surface area contributed by atoms with Crippen molar-refractivity contribution in [3.63, 3.8) is 0 Å². The van der Waals surface area contributed by atoms with Gasteiger partial charge in [0.25, 0.3) is 0 Å². The molecule has 0 aliphatic carbocycles.